The highest BCUT2D eigenvalue weighted by molar-refractivity contribution is 9.10. The molecule has 0 unspecified atom stereocenters. The second-order valence-corrected chi connectivity index (χ2v) is 3.70. The summed E-state index contributed by atoms with van der Waals surface area (Å²) < 4.78 is 1.13. The zero-order valence-corrected chi connectivity index (χ0v) is 9.30. The highest BCUT2D eigenvalue weighted by atomic mass is 79.9. The van der Waals surface area contributed by atoms with E-state index in [1.807, 2.05) is 0 Å². The molecule has 0 bridgehead atoms. The van der Waals surface area contributed by atoms with Gasteiger partial charge in [0.25, 0.3) is 0 Å². The Morgan fingerprint density at radius 2 is 2.00 bits per heavy atom. The quantitative estimate of drug-likeness (QED) is 0.634. The van der Waals surface area contributed by atoms with Gasteiger partial charge in [0.15, 0.2) is 0 Å². The molecule has 13 heavy (non-hydrogen) atoms. The van der Waals surface area contributed by atoms with Gasteiger partial charge in [-0.1, -0.05) is 28.1 Å². The van der Waals surface area contributed by atoms with Crippen LogP contribution in [0.4, 0.5) is 0 Å². The van der Waals surface area contributed by atoms with Gasteiger partial charge in [0.2, 0.25) is 0 Å². The molecule has 1 aromatic carbocycles. The first-order chi connectivity index (χ1) is 6.33. The van der Waals surface area contributed by atoms with Gasteiger partial charge in [0, 0.05) is 11.5 Å². The number of nitrogens with one attached hydrogen (secondary N) is 1. The van der Waals surface area contributed by atoms with Crippen molar-refractivity contribution in [3.8, 4) is 0 Å². The maximum absolute atomic E-state index is 5.02. The number of hydrogen-bond donors (Lipinski definition) is 1. The molecule has 0 radical (unpaired) electrons. The van der Waals surface area contributed by atoms with E-state index in [4.69, 9.17) is 4.84 Å². The van der Waals surface area contributed by atoms with Crippen molar-refractivity contribution in [2.75, 3.05) is 13.7 Å². The monoisotopic (exact) mass is 243 g/mol. The Bertz CT molecular complexity index is 235. The molecule has 0 aliphatic heterocycles. The first kappa shape index (κ1) is 10.7. The minimum Gasteiger partial charge on any atom is -0.302 e. The summed E-state index contributed by atoms with van der Waals surface area (Å²) in [6, 6.07) is 8.38. The van der Waals surface area contributed by atoms with E-state index in [0.29, 0.717) is 0 Å². The van der Waals surface area contributed by atoms with Crippen molar-refractivity contribution in [1.29, 1.82) is 0 Å². The lowest BCUT2D eigenvalue weighted by Gasteiger charge is -2.02. The summed E-state index contributed by atoms with van der Waals surface area (Å²) in [6.45, 7) is 0.757. The fraction of sp³-hybridized carbons (Fsp3) is 0.400. The smallest absolute Gasteiger partial charge is 0.0685 e. The summed E-state index contributed by atoms with van der Waals surface area (Å²) in [7, 11) is 1.78. The Balaban J connectivity index is 2.25. The van der Waals surface area contributed by atoms with Gasteiger partial charge >= 0.3 is 0 Å². The van der Waals surface area contributed by atoms with Crippen molar-refractivity contribution < 1.29 is 4.84 Å². The van der Waals surface area contributed by atoms with Gasteiger partial charge in [-0.05, 0) is 30.5 Å². The van der Waals surface area contributed by atoms with Gasteiger partial charge < -0.3 is 4.84 Å². The Kier molecular flexibility index (Phi) is 5.05. The Hall–Kier alpha value is -0.380. The van der Waals surface area contributed by atoms with Gasteiger partial charge in [-0.25, -0.2) is 5.48 Å². The molecule has 0 aliphatic rings. The largest absolute Gasteiger partial charge is 0.302 e. The summed E-state index contributed by atoms with van der Waals surface area (Å²) in [6.07, 6.45) is 2.11. The number of benzene rings is 1. The molecule has 0 amide bonds. The Morgan fingerprint density at radius 1 is 1.31 bits per heavy atom. The number of hydroxylamine groups is 1. The van der Waals surface area contributed by atoms with Crippen LogP contribution in [0.3, 0.4) is 0 Å². The van der Waals surface area contributed by atoms with E-state index in [1.165, 1.54) is 5.56 Å². The molecule has 3 heteroatoms. The summed E-state index contributed by atoms with van der Waals surface area (Å²) in [5.74, 6) is 0. The number of halogens is 1. The molecule has 2 nitrogen and oxygen atoms in total. The highest BCUT2D eigenvalue weighted by Crippen LogP contribution is 2.11. The third kappa shape index (κ3) is 4.41. The maximum atomic E-state index is 5.02. The molecule has 0 aromatic heterocycles. The fourth-order valence-electron chi connectivity index (χ4n) is 1.10. The Morgan fingerprint density at radius 3 is 2.62 bits per heavy atom. The van der Waals surface area contributed by atoms with Crippen LogP contribution in [0.2, 0.25) is 0 Å². The second-order valence-electron chi connectivity index (χ2n) is 2.78. The van der Waals surface area contributed by atoms with Gasteiger partial charge in [-0.3, -0.25) is 0 Å². The summed E-state index contributed by atoms with van der Waals surface area (Å²) in [5.41, 5.74) is 4.01. The lowest BCUT2D eigenvalue weighted by molar-refractivity contribution is 0.0564. The molecule has 1 N–H and O–H groups in total. The molecular formula is C10H14BrNO. The van der Waals surface area contributed by atoms with Crippen molar-refractivity contribution in [2.45, 2.75) is 12.8 Å². The molecule has 0 spiro atoms. The van der Waals surface area contributed by atoms with Crippen LogP contribution < -0.4 is 5.48 Å². The minimum atomic E-state index is 0.757. The van der Waals surface area contributed by atoms with Crippen LogP contribution in [0, 0.1) is 0 Å². The lowest BCUT2D eigenvalue weighted by Crippen LogP contribution is -2.08. The molecule has 0 heterocycles. The third-order valence-electron chi connectivity index (χ3n) is 1.77. The van der Waals surface area contributed by atoms with Gasteiger partial charge in [-0.15, -0.1) is 0 Å². The van der Waals surface area contributed by atoms with Crippen molar-refractivity contribution in [1.82, 2.24) is 5.48 Å². The molecule has 72 valence electrons. The minimum absolute atomic E-state index is 0.757. The van der Waals surface area contributed by atoms with E-state index in [1.54, 1.807) is 7.05 Å². The van der Waals surface area contributed by atoms with E-state index in [-0.39, 0.29) is 0 Å². The molecule has 0 saturated carbocycles. The predicted octanol–water partition coefficient (Wildman–Crippen LogP) is 2.53. The Labute approximate surface area is 87.4 Å². The van der Waals surface area contributed by atoms with E-state index < -0.39 is 0 Å². The van der Waals surface area contributed by atoms with E-state index in [9.17, 15) is 0 Å². The van der Waals surface area contributed by atoms with E-state index in [0.717, 1.165) is 23.9 Å². The zero-order valence-electron chi connectivity index (χ0n) is 7.72. The number of hydrogen-bond acceptors (Lipinski definition) is 2. The van der Waals surface area contributed by atoms with Gasteiger partial charge in [0.1, 0.15) is 0 Å². The van der Waals surface area contributed by atoms with E-state index >= 15 is 0 Å². The molecule has 1 aromatic rings. The van der Waals surface area contributed by atoms with E-state index in [2.05, 4.69) is 45.7 Å². The molecule has 0 atom stereocenters. The van der Waals surface area contributed by atoms with Crippen LogP contribution in [0.15, 0.2) is 28.7 Å². The average molecular weight is 244 g/mol. The van der Waals surface area contributed by atoms with Crippen LogP contribution in [-0.4, -0.2) is 13.7 Å². The van der Waals surface area contributed by atoms with Crippen molar-refractivity contribution in [2.24, 2.45) is 0 Å². The standard InChI is InChI=1S/C10H14BrNO/c1-12-13-8-2-3-9-4-6-10(11)7-5-9/h4-7,12H,2-3,8H2,1H3. The SMILES string of the molecule is CNOCCCc1ccc(Br)cc1. The average Bonchev–Trinajstić information content (AvgIpc) is 2.15. The second kappa shape index (κ2) is 6.13. The van der Waals surface area contributed by atoms with Crippen molar-refractivity contribution >= 4 is 15.9 Å². The van der Waals surface area contributed by atoms with Crippen molar-refractivity contribution in [3.05, 3.63) is 34.3 Å². The topological polar surface area (TPSA) is 21.3 Å². The van der Waals surface area contributed by atoms with Crippen molar-refractivity contribution in [3.63, 3.8) is 0 Å². The molecule has 0 saturated heterocycles. The maximum Gasteiger partial charge on any atom is 0.0685 e. The fourth-order valence-corrected chi connectivity index (χ4v) is 1.37. The molecule has 0 fully saturated rings. The van der Waals surface area contributed by atoms with Crippen LogP contribution in [0.25, 0.3) is 0 Å². The van der Waals surface area contributed by atoms with Crippen LogP contribution in [-0.2, 0) is 11.3 Å². The summed E-state index contributed by atoms with van der Waals surface area (Å²) in [4.78, 5) is 5.02. The van der Waals surface area contributed by atoms with Gasteiger partial charge in [-0.2, -0.15) is 0 Å². The summed E-state index contributed by atoms with van der Waals surface area (Å²) in [5, 5.41) is 0. The first-order valence-electron chi connectivity index (χ1n) is 4.36. The summed E-state index contributed by atoms with van der Waals surface area (Å²) >= 11 is 3.40. The third-order valence-corrected chi connectivity index (χ3v) is 2.30. The number of aryl methyl sites for hydroxylation is 1. The predicted molar refractivity (Wildman–Crippen MR) is 57.5 cm³/mol. The van der Waals surface area contributed by atoms with Crippen LogP contribution in [0.5, 0.6) is 0 Å². The van der Waals surface area contributed by atoms with Crippen LogP contribution in [0.1, 0.15) is 12.0 Å². The molecular weight excluding hydrogens is 230 g/mol. The number of rotatable bonds is 5. The normalized spacial score (nSPS) is 10.3. The van der Waals surface area contributed by atoms with Gasteiger partial charge in [0.05, 0.1) is 6.61 Å². The molecule has 1 rings (SSSR count). The highest BCUT2D eigenvalue weighted by Gasteiger charge is 1.93. The first-order valence-corrected chi connectivity index (χ1v) is 5.15. The lowest BCUT2D eigenvalue weighted by atomic mass is 10.1. The zero-order chi connectivity index (χ0) is 9.52. The van der Waals surface area contributed by atoms with Crippen LogP contribution >= 0.6 is 15.9 Å². The molecule has 0 aliphatic carbocycles.